The van der Waals surface area contributed by atoms with Crippen LogP contribution in [0.25, 0.3) is 0 Å². The minimum absolute atomic E-state index is 0.0423. The molecule has 2 aromatic rings. The Morgan fingerprint density at radius 3 is 2.55 bits per heavy atom. The number of ether oxygens (including phenoxy) is 2. The van der Waals surface area contributed by atoms with Gasteiger partial charge in [0.1, 0.15) is 5.78 Å². The van der Waals surface area contributed by atoms with E-state index in [9.17, 15) is 24.0 Å². The van der Waals surface area contributed by atoms with Gasteiger partial charge in [0.25, 0.3) is 0 Å². The molecule has 3 atom stereocenters. The Bertz CT molecular complexity index is 1140. The number of nitrogens with zero attached hydrogens (tertiary/aromatic N) is 1. The summed E-state index contributed by atoms with van der Waals surface area (Å²) in [5, 5.41) is 2.58. The van der Waals surface area contributed by atoms with Gasteiger partial charge in [0, 0.05) is 46.9 Å². The number of ketones is 3. The lowest BCUT2D eigenvalue weighted by Crippen LogP contribution is -2.46. The van der Waals surface area contributed by atoms with Gasteiger partial charge in [0.05, 0.1) is 25.0 Å². The number of nitrogens with one attached hydrogen (secondary N) is 1. The first-order valence-corrected chi connectivity index (χ1v) is 11.1. The van der Waals surface area contributed by atoms with E-state index in [1.807, 2.05) is 0 Å². The third-order valence-electron chi connectivity index (χ3n) is 5.95. The normalized spacial score (nSPS) is 21.6. The summed E-state index contributed by atoms with van der Waals surface area (Å²) in [5.74, 6) is -3.12. The largest absolute Gasteiger partial charge is 0.457 e. The second-order valence-electron chi connectivity index (χ2n) is 8.02. The van der Waals surface area contributed by atoms with Crippen LogP contribution in [-0.2, 0) is 25.6 Å². The minimum atomic E-state index is -0.828. The van der Waals surface area contributed by atoms with Gasteiger partial charge in [0.15, 0.2) is 18.2 Å². The molecule has 9 nitrogen and oxygen atoms in total. The lowest BCUT2D eigenvalue weighted by Gasteiger charge is -2.30. The number of Topliss-reactive ketones (excluding diaryl/α,β-unsaturated/α-hetero) is 3. The number of amides is 1. The summed E-state index contributed by atoms with van der Waals surface area (Å²) in [6.07, 6.45) is 0.736. The Morgan fingerprint density at radius 2 is 1.85 bits per heavy atom. The molecule has 0 saturated heterocycles. The molecule has 0 spiro atoms. The molecule has 1 N–H and O–H groups in total. The fraction of sp³-hybridized carbons (Fsp3) is 0.348. The topological polar surface area (TPSA) is 121 Å². The maximum atomic E-state index is 13.2. The second-order valence-corrected chi connectivity index (χ2v) is 8.94. The van der Waals surface area contributed by atoms with Crippen molar-refractivity contribution >= 4 is 45.3 Å². The molecule has 33 heavy (non-hydrogen) atoms. The first kappa shape index (κ1) is 22.9. The number of hydrogen-bond donors (Lipinski definition) is 1. The molecule has 1 aliphatic carbocycles. The number of benzene rings is 1. The lowest BCUT2D eigenvalue weighted by molar-refractivity contribution is -0.149. The summed E-state index contributed by atoms with van der Waals surface area (Å²) < 4.78 is 12.4. The molecule has 4 rings (SSSR count). The predicted molar refractivity (Wildman–Crippen MR) is 118 cm³/mol. The van der Waals surface area contributed by atoms with Crippen LogP contribution in [0, 0.1) is 5.92 Å². The third kappa shape index (κ3) is 4.61. The number of carbonyl (C=O) groups excluding carboxylic acids is 5. The average Bonchev–Trinajstić information content (AvgIpc) is 3.14. The van der Waals surface area contributed by atoms with Gasteiger partial charge in [-0.2, -0.15) is 0 Å². The molecule has 1 amide bonds. The third-order valence-corrected chi connectivity index (χ3v) is 6.48. The van der Waals surface area contributed by atoms with E-state index in [4.69, 9.17) is 4.74 Å². The molecular weight excluding hydrogens is 496 g/mol. The minimum Gasteiger partial charge on any atom is -0.457 e. The van der Waals surface area contributed by atoms with Gasteiger partial charge in [-0.25, -0.2) is 4.79 Å². The zero-order valence-corrected chi connectivity index (χ0v) is 19.3. The average molecular weight is 517 g/mol. The van der Waals surface area contributed by atoms with Crippen molar-refractivity contribution < 1.29 is 33.4 Å². The van der Waals surface area contributed by atoms with Crippen LogP contribution in [-0.4, -0.2) is 53.7 Å². The summed E-state index contributed by atoms with van der Waals surface area (Å²) in [5.41, 5.74) is 1.30. The molecule has 0 radical (unpaired) electrons. The van der Waals surface area contributed by atoms with Crippen molar-refractivity contribution in [3.05, 3.63) is 57.8 Å². The highest BCUT2D eigenvalue weighted by Gasteiger charge is 2.45. The van der Waals surface area contributed by atoms with E-state index < -0.39 is 36.5 Å². The van der Waals surface area contributed by atoms with Crippen molar-refractivity contribution in [2.45, 2.75) is 31.3 Å². The second kappa shape index (κ2) is 9.30. The Kier molecular flexibility index (Phi) is 6.46. The van der Waals surface area contributed by atoms with E-state index in [1.54, 1.807) is 41.1 Å². The van der Waals surface area contributed by atoms with Gasteiger partial charge in [-0.1, -0.05) is 28.1 Å². The maximum Gasteiger partial charge on any atom is 0.407 e. The molecule has 10 heteroatoms. The van der Waals surface area contributed by atoms with Crippen molar-refractivity contribution in [2.24, 2.45) is 5.92 Å². The molecule has 1 aliphatic heterocycles. The molecule has 1 unspecified atom stereocenters. The zero-order chi connectivity index (χ0) is 23.7. The highest BCUT2D eigenvalue weighted by atomic mass is 79.9. The SMILES string of the molecule is COC(=O)N[C@H]1CC(=O)c2ccn3c2C1C(=O)C[C@H](C(=O)OCC(=O)c1ccc(Br)cc1)C3. The molecule has 172 valence electrons. The number of alkyl carbamates (subject to hydrolysis) is 1. The number of hydrogen-bond acceptors (Lipinski definition) is 7. The van der Waals surface area contributed by atoms with E-state index in [0.717, 1.165) is 4.47 Å². The summed E-state index contributed by atoms with van der Waals surface area (Å²) in [6, 6.07) is 7.52. The quantitative estimate of drug-likeness (QED) is 0.478. The highest BCUT2D eigenvalue weighted by Crippen LogP contribution is 2.38. The molecule has 0 saturated carbocycles. The first-order chi connectivity index (χ1) is 15.8. The molecule has 1 aromatic carbocycles. The Hall–Kier alpha value is -3.27. The Labute approximate surface area is 197 Å². The highest BCUT2D eigenvalue weighted by molar-refractivity contribution is 9.10. The van der Waals surface area contributed by atoms with Crippen LogP contribution in [0.1, 0.15) is 45.2 Å². The molecule has 0 fully saturated rings. The van der Waals surface area contributed by atoms with Gasteiger partial charge in [0.2, 0.25) is 0 Å². The predicted octanol–water partition coefficient (Wildman–Crippen LogP) is 2.66. The molecular formula is C23H21BrN2O7. The van der Waals surface area contributed by atoms with E-state index >= 15 is 0 Å². The number of rotatable bonds is 5. The maximum absolute atomic E-state index is 13.2. The van der Waals surface area contributed by atoms with Gasteiger partial charge >= 0.3 is 12.1 Å². The Balaban J connectivity index is 1.51. The van der Waals surface area contributed by atoms with E-state index in [2.05, 4.69) is 26.0 Å². The first-order valence-electron chi connectivity index (χ1n) is 10.3. The van der Waals surface area contributed by atoms with Crippen LogP contribution in [0.5, 0.6) is 0 Å². The van der Waals surface area contributed by atoms with Crippen molar-refractivity contribution in [3.8, 4) is 0 Å². The molecule has 2 aliphatic rings. The van der Waals surface area contributed by atoms with Gasteiger partial charge < -0.3 is 19.4 Å². The number of esters is 1. The zero-order valence-electron chi connectivity index (χ0n) is 17.7. The van der Waals surface area contributed by atoms with Crippen molar-refractivity contribution in [1.82, 2.24) is 9.88 Å². The van der Waals surface area contributed by atoms with Crippen LogP contribution >= 0.6 is 15.9 Å². The van der Waals surface area contributed by atoms with Crippen LogP contribution in [0.15, 0.2) is 41.0 Å². The van der Waals surface area contributed by atoms with E-state index in [1.165, 1.54) is 7.11 Å². The summed E-state index contributed by atoms with van der Waals surface area (Å²) in [6.45, 7) is -0.315. The Morgan fingerprint density at radius 1 is 1.12 bits per heavy atom. The van der Waals surface area contributed by atoms with Gasteiger partial charge in [-0.3, -0.25) is 19.2 Å². The van der Waals surface area contributed by atoms with Crippen LogP contribution in [0.3, 0.4) is 0 Å². The van der Waals surface area contributed by atoms with Crippen molar-refractivity contribution in [2.75, 3.05) is 13.7 Å². The van der Waals surface area contributed by atoms with Crippen molar-refractivity contribution in [3.63, 3.8) is 0 Å². The number of carbonyl (C=O) groups is 5. The van der Waals surface area contributed by atoms with E-state index in [0.29, 0.717) is 16.8 Å². The standard InChI is InChI=1S/C23H21BrN2O7/c1-32-23(31)25-16-9-17(27)15-6-7-26-10-13(8-18(28)20(16)21(15)26)22(30)33-11-19(29)12-2-4-14(24)5-3-12/h2-7,13,16,20H,8-11H2,1H3,(H,25,31)/t13-,16-,20?/m0/s1. The number of methoxy groups -OCH3 is 1. The van der Waals surface area contributed by atoms with E-state index in [-0.39, 0.29) is 36.7 Å². The van der Waals surface area contributed by atoms with Gasteiger partial charge in [-0.15, -0.1) is 0 Å². The number of halogens is 1. The van der Waals surface area contributed by atoms with Crippen molar-refractivity contribution in [1.29, 1.82) is 0 Å². The fourth-order valence-electron chi connectivity index (χ4n) is 4.37. The number of aromatic nitrogens is 1. The summed E-state index contributed by atoms with van der Waals surface area (Å²) in [4.78, 5) is 62.7. The smallest absolute Gasteiger partial charge is 0.407 e. The monoisotopic (exact) mass is 516 g/mol. The van der Waals surface area contributed by atoms with Gasteiger partial charge in [-0.05, 0) is 18.2 Å². The van der Waals surface area contributed by atoms with Crippen LogP contribution in [0.4, 0.5) is 4.79 Å². The van der Waals surface area contributed by atoms with Crippen LogP contribution in [0.2, 0.25) is 0 Å². The summed E-state index contributed by atoms with van der Waals surface area (Å²) in [7, 11) is 1.20. The lowest BCUT2D eigenvalue weighted by atomic mass is 9.79. The molecule has 1 aromatic heterocycles. The molecule has 2 heterocycles. The van der Waals surface area contributed by atoms with Crippen LogP contribution < -0.4 is 5.32 Å². The molecule has 0 bridgehead atoms. The fourth-order valence-corrected chi connectivity index (χ4v) is 4.63. The summed E-state index contributed by atoms with van der Waals surface area (Å²) >= 11 is 3.29.